The molecule has 0 spiro atoms. The zero-order valence-corrected chi connectivity index (χ0v) is 18.1. The minimum atomic E-state index is -0.586. The van der Waals surface area contributed by atoms with Crippen LogP contribution < -0.4 is 9.64 Å². The Bertz CT molecular complexity index is 1190. The second kappa shape index (κ2) is 9.01. The number of nitrogens with zero attached hydrogens (tertiary/aromatic N) is 1. The molecular formula is C23H13ClFNO3S2. The number of thioether (sulfide) groups is 1. The number of thiocarbonyl (C=S) groups is 1. The summed E-state index contributed by atoms with van der Waals surface area (Å²) in [6.45, 7) is 0. The van der Waals surface area contributed by atoms with Crippen LogP contribution in [0.4, 0.5) is 10.1 Å². The van der Waals surface area contributed by atoms with E-state index in [2.05, 4.69) is 0 Å². The van der Waals surface area contributed by atoms with Crippen LogP contribution in [0.2, 0.25) is 5.02 Å². The molecule has 0 radical (unpaired) electrons. The van der Waals surface area contributed by atoms with Gasteiger partial charge in [0, 0.05) is 5.02 Å². The van der Waals surface area contributed by atoms with E-state index in [0.717, 1.165) is 5.56 Å². The summed E-state index contributed by atoms with van der Waals surface area (Å²) in [4.78, 5) is 26.9. The molecular weight excluding hydrogens is 457 g/mol. The third kappa shape index (κ3) is 4.85. The van der Waals surface area contributed by atoms with Gasteiger partial charge in [0.25, 0.3) is 5.91 Å². The van der Waals surface area contributed by atoms with Gasteiger partial charge in [0.15, 0.2) is 4.32 Å². The molecule has 3 aromatic rings. The van der Waals surface area contributed by atoms with Gasteiger partial charge < -0.3 is 4.74 Å². The minimum Gasteiger partial charge on any atom is -0.423 e. The summed E-state index contributed by atoms with van der Waals surface area (Å²) in [5.74, 6) is -0.900. The molecule has 0 atom stereocenters. The predicted octanol–water partition coefficient (Wildman–Crippen LogP) is 6.10. The molecule has 0 bridgehead atoms. The van der Waals surface area contributed by atoms with Crippen LogP contribution >= 0.6 is 35.6 Å². The molecule has 0 aliphatic carbocycles. The monoisotopic (exact) mass is 469 g/mol. The largest absolute Gasteiger partial charge is 0.423 e. The van der Waals surface area contributed by atoms with E-state index in [1.54, 1.807) is 54.6 Å². The van der Waals surface area contributed by atoms with E-state index in [0.29, 0.717) is 25.7 Å². The van der Waals surface area contributed by atoms with Crippen LogP contribution in [0.15, 0.2) is 77.7 Å². The van der Waals surface area contributed by atoms with Gasteiger partial charge in [0.1, 0.15) is 11.6 Å². The Labute approximate surface area is 192 Å². The first-order valence-electron chi connectivity index (χ1n) is 9.02. The molecule has 0 saturated carbocycles. The number of hydrogen-bond donors (Lipinski definition) is 0. The van der Waals surface area contributed by atoms with Crippen LogP contribution in [0, 0.1) is 5.82 Å². The summed E-state index contributed by atoms with van der Waals surface area (Å²) < 4.78 is 18.7. The number of amides is 1. The van der Waals surface area contributed by atoms with Crippen molar-refractivity contribution in [2.75, 3.05) is 4.90 Å². The molecule has 8 heteroatoms. The number of rotatable bonds is 4. The van der Waals surface area contributed by atoms with Crippen molar-refractivity contribution in [3.05, 3.63) is 99.7 Å². The lowest BCUT2D eigenvalue weighted by molar-refractivity contribution is -0.113. The van der Waals surface area contributed by atoms with Crippen LogP contribution in [0.25, 0.3) is 6.08 Å². The molecule has 0 unspecified atom stereocenters. The number of esters is 1. The van der Waals surface area contributed by atoms with E-state index in [1.165, 1.54) is 40.9 Å². The number of hydrogen-bond acceptors (Lipinski definition) is 5. The zero-order chi connectivity index (χ0) is 22.0. The molecule has 0 aromatic heterocycles. The van der Waals surface area contributed by atoms with Crippen molar-refractivity contribution in [1.29, 1.82) is 0 Å². The Kier molecular flexibility index (Phi) is 6.18. The van der Waals surface area contributed by atoms with Crippen LogP contribution in [0.3, 0.4) is 0 Å². The summed E-state index contributed by atoms with van der Waals surface area (Å²) in [6, 6.07) is 18.7. The third-order valence-electron chi connectivity index (χ3n) is 4.35. The summed E-state index contributed by atoms with van der Waals surface area (Å²) >= 11 is 12.5. The van der Waals surface area contributed by atoms with Gasteiger partial charge in [-0.1, -0.05) is 47.7 Å². The molecule has 4 rings (SSSR count). The van der Waals surface area contributed by atoms with Gasteiger partial charge in [-0.15, -0.1) is 0 Å². The van der Waals surface area contributed by atoms with Crippen molar-refractivity contribution in [3.63, 3.8) is 0 Å². The summed E-state index contributed by atoms with van der Waals surface area (Å²) in [5.41, 5.74) is 1.65. The van der Waals surface area contributed by atoms with Gasteiger partial charge in [0.05, 0.1) is 16.2 Å². The average molecular weight is 470 g/mol. The van der Waals surface area contributed by atoms with Gasteiger partial charge in [0.2, 0.25) is 0 Å². The average Bonchev–Trinajstić information content (AvgIpc) is 3.03. The van der Waals surface area contributed by atoms with Gasteiger partial charge in [-0.05, 0) is 72.3 Å². The van der Waals surface area contributed by atoms with Crippen molar-refractivity contribution in [2.24, 2.45) is 0 Å². The Morgan fingerprint density at radius 3 is 2.29 bits per heavy atom. The van der Waals surface area contributed by atoms with Crippen LogP contribution in [0.1, 0.15) is 15.9 Å². The molecule has 1 aliphatic heterocycles. The fourth-order valence-electron chi connectivity index (χ4n) is 2.82. The summed E-state index contributed by atoms with van der Waals surface area (Å²) in [6.07, 6.45) is 1.72. The highest BCUT2D eigenvalue weighted by molar-refractivity contribution is 8.27. The fourth-order valence-corrected chi connectivity index (χ4v) is 4.24. The van der Waals surface area contributed by atoms with Crippen LogP contribution in [0.5, 0.6) is 5.75 Å². The third-order valence-corrected chi connectivity index (χ3v) is 5.90. The first-order chi connectivity index (χ1) is 14.9. The topological polar surface area (TPSA) is 46.6 Å². The minimum absolute atomic E-state index is 0.218. The Morgan fingerprint density at radius 1 is 1.00 bits per heavy atom. The molecule has 4 nitrogen and oxygen atoms in total. The van der Waals surface area contributed by atoms with Crippen LogP contribution in [-0.2, 0) is 4.79 Å². The lowest BCUT2D eigenvalue weighted by Gasteiger charge is -2.14. The molecule has 154 valence electrons. The smallest absolute Gasteiger partial charge is 0.343 e. The zero-order valence-electron chi connectivity index (χ0n) is 15.7. The van der Waals surface area contributed by atoms with E-state index in [9.17, 15) is 14.0 Å². The van der Waals surface area contributed by atoms with Gasteiger partial charge in [-0.2, -0.15) is 0 Å². The normalized spacial score (nSPS) is 14.9. The highest BCUT2D eigenvalue weighted by Crippen LogP contribution is 2.36. The molecule has 31 heavy (non-hydrogen) atoms. The maximum Gasteiger partial charge on any atom is 0.343 e. The fraction of sp³-hybridized carbons (Fsp3) is 0. The first-order valence-corrected chi connectivity index (χ1v) is 10.6. The van der Waals surface area contributed by atoms with Crippen molar-refractivity contribution >= 4 is 63.5 Å². The van der Waals surface area contributed by atoms with Gasteiger partial charge in [-0.25, -0.2) is 9.18 Å². The number of anilines is 1. The highest BCUT2D eigenvalue weighted by atomic mass is 35.5. The molecule has 1 fully saturated rings. The maximum atomic E-state index is 13.0. The van der Waals surface area contributed by atoms with Gasteiger partial charge in [-0.3, -0.25) is 9.69 Å². The Balaban J connectivity index is 1.47. The van der Waals surface area contributed by atoms with E-state index in [4.69, 9.17) is 28.6 Å². The quantitative estimate of drug-likeness (QED) is 0.200. The summed E-state index contributed by atoms with van der Waals surface area (Å²) in [7, 11) is 0. The lowest BCUT2D eigenvalue weighted by atomic mass is 10.2. The number of carbonyl (C=O) groups is 2. The van der Waals surface area contributed by atoms with E-state index < -0.39 is 11.8 Å². The SMILES string of the molecule is O=C(Oc1ccc(/C=C2\SC(=S)N(c3ccc(Cl)cc3)C2=O)cc1)c1ccc(F)cc1. The lowest BCUT2D eigenvalue weighted by Crippen LogP contribution is -2.27. The second-order valence-corrected chi connectivity index (χ2v) is 8.57. The molecule has 3 aromatic carbocycles. The molecule has 1 saturated heterocycles. The van der Waals surface area contributed by atoms with Crippen molar-refractivity contribution in [1.82, 2.24) is 0 Å². The van der Waals surface area contributed by atoms with Crippen LogP contribution in [-0.4, -0.2) is 16.2 Å². The predicted molar refractivity (Wildman–Crippen MR) is 125 cm³/mol. The molecule has 1 heterocycles. The standard InChI is InChI=1S/C23H13ClFNO3S2/c24-16-5-9-18(10-6-16)26-21(27)20(31-23(26)30)13-14-1-11-19(12-2-14)29-22(28)15-3-7-17(25)8-4-15/h1-13H/b20-13-. The Morgan fingerprint density at radius 2 is 1.65 bits per heavy atom. The van der Waals surface area contributed by atoms with Crippen molar-refractivity contribution in [2.45, 2.75) is 0 Å². The van der Waals surface area contributed by atoms with E-state index in [1.807, 2.05) is 0 Å². The molecule has 1 aliphatic rings. The van der Waals surface area contributed by atoms with Crippen molar-refractivity contribution < 1.29 is 18.7 Å². The number of ether oxygens (including phenoxy) is 1. The van der Waals surface area contributed by atoms with Crippen molar-refractivity contribution in [3.8, 4) is 5.75 Å². The first kappa shape index (κ1) is 21.2. The number of halogens is 2. The number of benzene rings is 3. The molecule has 1 amide bonds. The Hall–Kier alpha value is -3.00. The van der Waals surface area contributed by atoms with E-state index >= 15 is 0 Å². The highest BCUT2D eigenvalue weighted by Gasteiger charge is 2.33. The molecule has 0 N–H and O–H groups in total. The van der Waals surface area contributed by atoms with Gasteiger partial charge >= 0.3 is 5.97 Å². The maximum absolute atomic E-state index is 13.0. The number of carbonyl (C=O) groups excluding carboxylic acids is 2. The summed E-state index contributed by atoms with van der Waals surface area (Å²) in [5, 5.41) is 0.574. The second-order valence-electron chi connectivity index (χ2n) is 6.46. The van der Waals surface area contributed by atoms with E-state index in [-0.39, 0.29) is 11.5 Å².